The van der Waals surface area contributed by atoms with E-state index in [1.165, 1.54) is 0 Å². The second kappa shape index (κ2) is 6.88. The van der Waals surface area contributed by atoms with Crippen molar-refractivity contribution in [2.45, 2.75) is 32.8 Å². The maximum Gasteiger partial charge on any atom is 0.407 e. The van der Waals surface area contributed by atoms with Gasteiger partial charge in [-0.25, -0.2) is 4.79 Å². The minimum atomic E-state index is -0.477. The number of amides is 1. The second-order valence-corrected chi connectivity index (χ2v) is 5.52. The first-order chi connectivity index (χ1) is 9.29. The van der Waals surface area contributed by atoms with Crippen molar-refractivity contribution >= 4 is 23.2 Å². The molecule has 20 heavy (non-hydrogen) atoms. The molecule has 0 unspecified atom stereocenters. The molecule has 1 rings (SSSR count). The highest BCUT2D eigenvalue weighted by atomic mass is 16.6. The number of benzene rings is 1. The van der Waals surface area contributed by atoms with Crippen LogP contribution in [0.25, 0.3) is 0 Å². The summed E-state index contributed by atoms with van der Waals surface area (Å²) in [6, 6.07) is 5.38. The van der Waals surface area contributed by atoms with Crippen molar-refractivity contribution in [1.82, 2.24) is 5.32 Å². The lowest BCUT2D eigenvalue weighted by molar-refractivity contribution is 0.0528. The largest absolute Gasteiger partial charge is 0.444 e. The van der Waals surface area contributed by atoms with Crippen molar-refractivity contribution in [2.24, 2.45) is 0 Å². The third-order valence-corrected chi connectivity index (χ3v) is 2.45. The Hall–Kier alpha value is -2.11. The standard InChI is InChI=1S/C14H24N4O2/c1-14(2,3)20-13(19)18-9-5-8-17-12-10(15)6-4-7-11(12)16/h4,6-7,17H,5,8-9,15-16H2,1-3H3,(H,18,19). The maximum atomic E-state index is 11.4. The zero-order valence-electron chi connectivity index (χ0n) is 12.3. The fourth-order valence-corrected chi connectivity index (χ4v) is 1.60. The monoisotopic (exact) mass is 280 g/mol. The third kappa shape index (κ3) is 5.69. The van der Waals surface area contributed by atoms with E-state index in [1.54, 1.807) is 18.2 Å². The van der Waals surface area contributed by atoms with Crippen molar-refractivity contribution in [2.75, 3.05) is 29.9 Å². The van der Waals surface area contributed by atoms with Crippen molar-refractivity contribution in [1.29, 1.82) is 0 Å². The van der Waals surface area contributed by atoms with Gasteiger partial charge in [-0.05, 0) is 39.3 Å². The van der Waals surface area contributed by atoms with Crippen LogP contribution in [0, 0.1) is 0 Å². The number of para-hydroxylation sites is 1. The van der Waals surface area contributed by atoms with Gasteiger partial charge in [0.1, 0.15) is 5.60 Å². The first kappa shape index (κ1) is 15.9. The number of nitrogen functional groups attached to an aromatic ring is 2. The molecule has 1 amide bonds. The molecule has 0 saturated heterocycles. The van der Waals surface area contributed by atoms with Crippen molar-refractivity contribution in [3.8, 4) is 0 Å². The number of nitrogens with two attached hydrogens (primary N) is 2. The van der Waals surface area contributed by atoms with Crippen LogP contribution in [0.1, 0.15) is 27.2 Å². The zero-order valence-corrected chi connectivity index (χ0v) is 12.3. The molecule has 0 heterocycles. The van der Waals surface area contributed by atoms with Crippen LogP contribution in [0.4, 0.5) is 21.9 Å². The molecule has 0 aliphatic carbocycles. The van der Waals surface area contributed by atoms with E-state index >= 15 is 0 Å². The second-order valence-electron chi connectivity index (χ2n) is 5.52. The molecule has 0 aliphatic heterocycles. The topological polar surface area (TPSA) is 102 Å². The van der Waals surface area contributed by atoms with Crippen molar-refractivity contribution in [3.63, 3.8) is 0 Å². The quantitative estimate of drug-likeness (QED) is 0.489. The van der Waals surface area contributed by atoms with Crippen LogP contribution >= 0.6 is 0 Å². The Morgan fingerprint density at radius 2 is 1.80 bits per heavy atom. The summed E-state index contributed by atoms with van der Waals surface area (Å²) in [7, 11) is 0. The molecule has 0 aromatic heterocycles. The van der Waals surface area contributed by atoms with Crippen LogP contribution in [0.5, 0.6) is 0 Å². The lowest BCUT2D eigenvalue weighted by atomic mass is 10.2. The predicted molar refractivity (Wildman–Crippen MR) is 82.6 cm³/mol. The molecule has 1 aromatic carbocycles. The molecule has 0 atom stereocenters. The van der Waals surface area contributed by atoms with Crippen molar-refractivity contribution < 1.29 is 9.53 Å². The van der Waals surface area contributed by atoms with E-state index in [9.17, 15) is 4.79 Å². The third-order valence-electron chi connectivity index (χ3n) is 2.45. The van der Waals surface area contributed by atoms with Gasteiger partial charge in [0.25, 0.3) is 0 Å². The smallest absolute Gasteiger partial charge is 0.407 e. The van der Waals surface area contributed by atoms with Gasteiger partial charge < -0.3 is 26.8 Å². The first-order valence-corrected chi connectivity index (χ1v) is 6.64. The number of nitrogens with one attached hydrogen (secondary N) is 2. The van der Waals surface area contributed by atoms with Gasteiger partial charge in [-0.3, -0.25) is 0 Å². The van der Waals surface area contributed by atoms with E-state index < -0.39 is 11.7 Å². The normalized spacial score (nSPS) is 10.9. The van der Waals surface area contributed by atoms with Gasteiger partial charge >= 0.3 is 6.09 Å². The SMILES string of the molecule is CC(C)(C)OC(=O)NCCCNc1c(N)cccc1N. The fraction of sp³-hybridized carbons (Fsp3) is 0.500. The van der Waals surface area contributed by atoms with E-state index in [-0.39, 0.29) is 0 Å². The van der Waals surface area contributed by atoms with Gasteiger partial charge in [0.05, 0.1) is 17.1 Å². The molecule has 6 nitrogen and oxygen atoms in total. The van der Waals surface area contributed by atoms with E-state index in [0.717, 1.165) is 12.1 Å². The number of carbonyl (C=O) groups excluding carboxylic acids is 1. The Balaban J connectivity index is 2.24. The summed E-state index contributed by atoms with van der Waals surface area (Å²) in [6.07, 6.45) is 0.337. The van der Waals surface area contributed by atoms with Crippen LogP contribution in [0.3, 0.4) is 0 Å². The summed E-state index contributed by atoms with van der Waals surface area (Å²) in [5.74, 6) is 0. The predicted octanol–water partition coefficient (Wildman–Crippen LogP) is 2.18. The highest BCUT2D eigenvalue weighted by molar-refractivity contribution is 5.79. The molecule has 0 bridgehead atoms. The summed E-state index contributed by atoms with van der Waals surface area (Å²) in [6.45, 7) is 6.67. The molecule has 0 saturated carbocycles. The minimum absolute atomic E-state index is 0.406. The Morgan fingerprint density at radius 3 is 2.35 bits per heavy atom. The number of anilines is 3. The molecule has 0 aliphatic rings. The number of hydrogen-bond acceptors (Lipinski definition) is 5. The van der Waals surface area contributed by atoms with E-state index in [0.29, 0.717) is 24.5 Å². The number of ether oxygens (including phenoxy) is 1. The fourth-order valence-electron chi connectivity index (χ4n) is 1.60. The Labute approximate surface area is 119 Å². The van der Waals surface area contributed by atoms with Gasteiger partial charge in [-0.15, -0.1) is 0 Å². The zero-order chi connectivity index (χ0) is 15.2. The highest BCUT2D eigenvalue weighted by Gasteiger charge is 2.15. The summed E-state index contributed by atoms with van der Waals surface area (Å²) >= 11 is 0. The van der Waals surface area contributed by atoms with Gasteiger partial charge in [0.15, 0.2) is 0 Å². The molecule has 0 fully saturated rings. The van der Waals surface area contributed by atoms with E-state index in [1.807, 2.05) is 20.8 Å². The lowest BCUT2D eigenvalue weighted by Gasteiger charge is -2.19. The number of rotatable bonds is 5. The van der Waals surface area contributed by atoms with Gasteiger partial charge in [-0.1, -0.05) is 6.07 Å². The maximum absolute atomic E-state index is 11.4. The first-order valence-electron chi connectivity index (χ1n) is 6.64. The van der Waals surface area contributed by atoms with Crippen LogP contribution < -0.4 is 22.1 Å². The van der Waals surface area contributed by atoms with E-state index in [2.05, 4.69) is 10.6 Å². The van der Waals surface area contributed by atoms with Gasteiger partial charge in [-0.2, -0.15) is 0 Å². The summed E-state index contributed by atoms with van der Waals surface area (Å²) in [5, 5.41) is 5.85. The number of alkyl carbamates (subject to hydrolysis) is 1. The number of carbonyl (C=O) groups is 1. The molecule has 112 valence electrons. The van der Waals surface area contributed by atoms with Crippen LogP contribution in [0.15, 0.2) is 18.2 Å². The van der Waals surface area contributed by atoms with Gasteiger partial charge in [0, 0.05) is 13.1 Å². The number of hydrogen-bond donors (Lipinski definition) is 4. The van der Waals surface area contributed by atoms with Crippen LogP contribution in [0.2, 0.25) is 0 Å². The van der Waals surface area contributed by atoms with Gasteiger partial charge in [0.2, 0.25) is 0 Å². The highest BCUT2D eigenvalue weighted by Crippen LogP contribution is 2.24. The Morgan fingerprint density at radius 1 is 1.20 bits per heavy atom. The van der Waals surface area contributed by atoms with Crippen LogP contribution in [-0.4, -0.2) is 24.8 Å². The Bertz CT molecular complexity index is 435. The summed E-state index contributed by atoms with van der Waals surface area (Å²) in [5.41, 5.74) is 13.1. The average Bonchev–Trinajstić information content (AvgIpc) is 2.29. The van der Waals surface area contributed by atoms with Crippen molar-refractivity contribution in [3.05, 3.63) is 18.2 Å². The molecule has 6 heteroatoms. The van der Waals surface area contributed by atoms with E-state index in [4.69, 9.17) is 16.2 Å². The lowest BCUT2D eigenvalue weighted by Crippen LogP contribution is -2.33. The molecule has 0 spiro atoms. The summed E-state index contributed by atoms with van der Waals surface area (Å²) < 4.78 is 5.13. The summed E-state index contributed by atoms with van der Waals surface area (Å²) in [4.78, 5) is 11.4. The minimum Gasteiger partial charge on any atom is -0.444 e. The molecule has 6 N–H and O–H groups in total. The Kier molecular flexibility index (Phi) is 5.49. The van der Waals surface area contributed by atoms with Crippen LogP contribution in [-0.2, 0) is 4.74 Å². The molecule has 1 aromatic rings. The molecular formula is C14H24N4O2. The molecule has 0 radical (unpaired) electrons. The average molecular weight is 280 g/mol. The molecular weight excluding hydrogens is 256 g/mol.